The number of nitrogens with zero attached hydrogens (tertiary/aromatic N) is 7. The van der Waals surface area contributed by atoms with E-state index in [2.05, 4.69) is 71.1 Å². The van der Waals surface area contributed by atoms with Crippen LogP contribution < -0.4 is 14.5 Å². The summed E-state index contributed by atoms with van der Waals surface area (Å²) in [6.07, 6.45) is 5.59. The van der Waals surface area contributed by atoms with Crippen LogP contribution in [0.25, 0.3) is 10.8 Å². The molecule has 3 aromatic rings. The molecular formula is C36H42FN7O3. The van der Waals surface area contributed by atoms with E-state index >= 15 is 0 Å². The number of halogens is 1. The molecule has 4 aliphatic heterocycles. The standard InChI is InChI=1S/C36H42FN7O3/c1-25-7-3-8-26-9-4-11-30(32(25)26)44-18-14-29-33(36(44)23-46-24-36)39-35(47-22-28-10-6-17-41(28)2)40-34(29)42-19-20-43(27(21-42)13-16-38)31(45)12-5-15-37/h3-5,7-9,11-12,27-28H,6,10,13-15,17-24H2,1-2H3/b12-5+/t27-,28-/m0/s1. The number of nitriles is 1. The Balaban J connectivity index is 1.29. The third kappa shape index (κ3) is 5.68. The molecule has 2 aromatic carbocycles. The quantitative estimate of drug-likeness (QED) is 0.337. The number of hydrogen-bond donors (Lipinski definition) is 0. The average molecular weight is 640 g/mol. The van der Waals surface area contributed by atoms with Crippen LogP contribution in [0.1, 0.15) is 36.1 Å². The number of aryl methyl sites for hydroxylation is 1. The van der Waals surface area contributed by atoms with Crippen LogP contribution in [0.2, 0.25) is 0 Å². The molecule has 3 fully saturated rings. The van der Waals surface area contributed by atoms with Crippen molar-refractivity contribution in [2.75, 3.05) is 76.1 Å². The molecule has 0 unspecified atom stereocenters. The summed E-state index contributed by atoms with van der Waals surface area (Å²) in [5.74, 6) is 0.530. The maximum atomic E-state index is 12.9. The lowest BCUT2D eigenvalue weighted by Crippen LogP contribution is -2.63. The number of benzene rings is 2. The van der Waals surface area contributed by atoms with Gasteiger partial charge < -0.3 is 29.1 Å². The number of carbonyl (C=O) groups excluding carboxylic acids is 1. The van der Waals surface area contributed by atoms with Gasteiger partial charge in [0.15, 0.2) is 0 Å². The first kappa shape index (κ1) is 31.3. The summed E-state index contributed by atoms with van der Waals surface area (Å²) in [5.41, 5.74) is 3.92. The maximum absolute atomic E-state index is 12.9. The van der Waals surface area contributed by atoms with E-state index in [9.17, 15) is 14.4 Å². The molecule has 246 valence electrons. The van der Waals surface area contributed by atoms with E-state index in [0.717, 1.165) is 49.4 Å². The zero-order chi connectivity index (χ0) is 32.5. The van der Waals surface area contributed by atoms with Crippen molar-refractivity contribution in [3.63, 3.8) is 0 Å². The zero-order valence-electron chi connectivity index (χ0n) is 27.2. The summed E-state index contributed by atoms with van der Waals surface area (Å²) < 4.78 is 25.2. The molecule has 0 radical (unpaired) electrons. The highest BCUT2D eigenvalue weighted by Crippen LogP contribution is 2.47. The minimum absolute atomic E-state index is 0.169. The lowest BCUT2D eigenvalue weighted by atomic mass is 9.81. The van der Waals surface area contributed by atoms with Crippen molar-refractivity contribution in [1.29, 1.82) is 5.26 Å². The molecule has 1 spiro atoms. The number of amides is 1. The molecule has 7 rings (SSSR count). The van der Waals surface area contributed by atoms with Gasteiger partial charge in [-0.05, 0) is 62.9 Å². The number of anilines is 2. The van der Waals surface area contributed by atoms with Crippen LogP contribution in [-0.4, -0.2) is 104 Å². The fourth-order valence-electron chi connectivity index (χ4n) is 7.85. The highest BCUT2D eigenvalue weighted by atomic mass is 19.1. The van der Waals surface area contributed by atoms with Crippen molar-refractivity contribution < 1.29 is 18.7 Å². The first-order valence-corrected chi connectivity index (χ1v) is 16.7. The normalized spacial score (nSPS) is 22.5. The first-order chi connectivity index (χ1) is 22.9. The number of hydrogen-bond acceptors (Lipinski definition) is 9. The van der Waals surface area contributed by atoms with Gasteiger partial charge in [0.25, 0.3) is 0 Å². The molecule has 3 saturated heterocycles. The number of carbonyl (C=O) groups is 1. The molecule has 1 amide bonds. The smallest absolute Gasteiger partial charge is 0.318 e. The molecule has 5 heterocycles. The van der Waals surface area contributed by atoms with Crippen molar-refractivity contribution in [1.82, 2.24) is 19.8 Å². The number of likely N-dealkylation sites (N-methyl/N-ethyl adjacent to an activating group) is 1. The molecule has 47 heavy (non-hydrogen) atoms. The van der Waals surface area contributed by atoms with Crippen molar-refractivity contribution in [2.24, 2.45) is 0 Å². The van der Waals surface area contributed by atoms with Crippen LogP contribution >= 0.6 is 0 Å². The van der Waals surface area contributed by atoms with Crippen molar-refractivity contribution >= 4 is 28.2 Å². The second kappa shape index (κ2) is 13.1. The molecule has 0 N–H and O–H groups in total. The van der Waals surface area contributed by atoms with E-state index < -0.39 is 12.2 Å². The van der Waals surface area contributed by atoms with Crippen molar-refractivity contribution in [3.05, 3.63) is 65.4 Å². The Morgan fingerprint density at radius 3 is 2.70 bits per heavy atom. The number of aromatic nitrogens is 2. The van der Waals surface area contributed by atoms with Gasteiger partial charge in [0.05, 0.1) is 37.4 Å². The largest absolute Gasteiger partial charge is 0.462 e. The van der Waals surface area contributed by atoms with Gasteiger partial charge in [-0.1, -0.05) is 30.3 Å². The number of fused-ring (bicyclic) bond motifs is 3. The first-order valence-electron chi connectivity index (χ1n) is 16.7. The van der Waals surface area contributed by atoms with E-state index in [0.29, 0.717) is 51.5 Å². The van der Waals surface area contributed by atoms with Gasteiger partial charge in [0, 0.05) is 54.9 Å². The number of alkyl halides is 1. The topological polar surface area (TPSA) is 98.1 Å². The van der Waals surface area contributed by atoms with E-state index in [1.54, 1.807) is 4.90 Å². The summed E-state index contributed by atoms with van der Waals surface area (Å²) in [6.45, 7) is 6.15. The van der Waals surface area contributed by atoms with Crippen LogP contribution in [0.4, 0.5) is 15.9 Å². The maximum Gasteiger partial charge on any atom is 0.318 e. The number of rotatable bonds is 8. The molecule has 0 aliphatic carbocycles. The second-order valence-corrected chi connectivity index (χ2v) is 13.2. The van der Waals surface area contributed by atoms with Crippen LogP contribution in [0.5, 0.6) is 6.01 Å². The van der Waals surface area contributed by atoms with E-state index in [-0.39, 0.29) is 18.4 Å². The van der Waals surface area contributed by atoms with E-state index in [1.807, 2.05) is 0 Å². The Hall–Kier alpha value is -4.27. The van der Waals surface area contributed by atoms with Crippen LogP contribution in [-0.2, 0) is 21.5 Å². The highest BCUT2D eigenvalue weighted by molar-refractivity contribution is 5.97. The Bertz CT molecular complexity index is 1720. The van der Waals surface area contributed by atoms with Crippen LogP contribution in [0.15, 0.2) is 48.6 Å². The Labute approximate surface area is 275 Å². The summed E-state index contributed by atoms with van der Waals surface area (Å²) >= 11 is 0. The van der Waals surface area contributed by atoms with Gasteiger partial charge in [-0.3, -0.25) is 4.79 Å². The van der Waals surface area contributed by atoms with Gasteiger partial charge in [-0.25, -0.2) is 4.39 Å². The summed E-state index contributed by atoms with van der Waals surface area (Å²) in [4.78, 5) is 31.8. The van der Waals surface area contributed by atoms with Crippen molar-refractivity contribution in [3.8, 4) is 12.1 Å². The molecule has 0 saturated carbocycles. The Kier molecular flexibility index (Phi) is 8.73. The third-order valence-corrected chi connectivity index (χ3v) is 10.4. The van der Waals surface area contributed by atoms with E-state index in [1.165, 1.54) is 34.2 Å². The van der Waals surface area contributed by atoms with Gasteiger partial charge in [0.1, 0.15) is 24.6 Å². The fraction of sp³-hybridized carbons (Fsp3) is 0.500. The summed E-state index contributed by atoms with van der Waals surface area (Å²) in [7, 11) is 2.13. The minimum atomic E-state index is -0.706. The third-order valence-electron chi connectivity index (χ3n) is 10.4. The lowest BCUT2D eigenvalue weighted by Gasteiger charge is -2.54. The number of likely N-dealkylation sites (tertiary alicyclic amines) is 1. The summed E-state index contributed by atoms with van der Waals surface area (Å²) in [6, 6.07) is 15.5. The second-order valence-electron chi connectivity index (χ2n) is 13.2. The van der Waals surface area contributed by atoms with Crippen LogP contribution in [0.3, 0.4) is 0 Å². The molecular weight excluding hydrogens is 597 g/mol. The molecule has 4 aliphatic rings. The predicted molar refractivity (Wildman–Crippen MR) is 178 cm³/mol. The number of piperazine rings is 1. The van der Waals surface area contributed by atoms with Gasteiger partial charge in [-0.2, -0.15) is 15.2 Å². The van der Waals surface area contributed by atoms with Gasteiger partial charge >= 0.3 is 6.01 Å². The predicted octanol–water partition coefficient (Wildman–Crippen LogP) is 4.16. The highest BCUT2D eigenvalue weighted by Gasteiger charge is 2.52. The molecule has 11 heteroatoms. The summed E-state index contributed by atoms with van der Waals surface area (Å²) in [5, 5.41) is 12.1. The van der Waals surface area contributed by atoms with Gasteiger partial charge in [0.2, 0.25) is 5.91 Å². The molecule has 1 aromatic heterocycles. The average Bonchev–Trinajstić information content (AvgIpc) is 3.48. The number of ether oxygens (including phenoxy) is 2. The number of allylic oxidation sites excluding steroid dienone is 1. The lowest BCUT2D eigenvalue weighted by molar-refractivity contribution is -0.128. The zero-order valence-corrected chi connectivity index (χ0v) is 27.2. The fourth-order valence-corrected chi connectivity index (χ4v) is 7.85. The molecule has 0 bridgehead atoms. The van der Waals surface area contributed by atoms with Crippen LogP contribution in [0, 0.1) is 18.3 Å². The van der Waals surface area contributed by atoms with Gasteiger partial charge in [-0.15, -0.1) is 0 Å². The Morgan fingerprint density at radius 2 is 1.98 bits per heavy atom. The molecule has 10 nitrogen and oxygen atoms in total. The molecule has 2 atom stereocenters. The minimum Gasteiger partial charge on any atom is -0.462 e. The Morgan fingerprint density at radius 1 is 1.15 bits per heavy atom. The van der Waals surface area contributed by atoms with E-state index in [4.69, 9.17) is 19.4 Å². The van der Waals surface area contributed by atoms with Crippen molar-refractivity contribution in [2.45, 2.75) is 50.2 Å². The SMILES string of the molecule is Cc1cccc2cccc(N3CCc4c(N5CCN(C(=O)/C=C/CF)[C@@H](CC#N)C5)nc(OC[C@@H]5CCCN5C)nc4C34COC4)c12. The monoisotopic (exact) mass is 639 g/mol.